The second-order valence-electron chi connectivity index (χ2n) is 4.29. The zero-order valence-corrected chi connectivity index (χ0v) is 11.7. The number of rotatable bonds is 11. The first-order valence-electron chi connectivity index (χ1n) is 6.99. The molecule has 0 aliphatic carbocycles. The van der Waals surface area contributed by atoms with E-state index >= 15 is 0 Å². The standard InChI is InChI=1S/C13H26N2O4/c1-2-3-8-14-13(18)15-9-11-19-12(17)7-5-4-6-10-16/h16H,2-11H2,1H3,(H2,14,15,18). The highest BCUT2D eigenvalue weighted by Crippen LogP contribution is 2.00. The number of nitrogens with one attached hydrogen (secondary N) is 2. The average Bonchev–Trinajstić information content (AvgIpc) is 2.40. The summed E-state index contributed by atoms with van der Waals surface area (Å²) in [5.41, 5.74) is 0. The van der Waals surface area contributed by atoms with Crippen LogP contribution in [0.4, 0.5) is 4.79 Å². The van der Waals surface area contributed by atoms with E-state index in [1.54, 1.807) is 0 Å². The summed E-state index contributed by atoms with van der Waals surface area (Å²) in [5, 5.41) is 13.9. The maximum Gasteiger partial charge on any atom is 0.314 e. The Labute approximate surface area is 114 Å². The Bertz CT molecular complexity index is 247. The minimum Gasteiger partial charge on any atom is -0.464 e. The lowest BCUT2D eigenvalue weighted by Gasteiger charge is -2.08. The zero-order valence-electron chi connectivity index (χ0n) is 11.7. The first-order valence-corrected chi connectivity index (χ1v) is 6.99. The van der Waals surface area contributed by atoms with Crippen LogP contribution in [0.25, 0.3) is 0 Å². The molecule has 0 fully saturated rings. The molecule has 112 valence electrons. The Hall–Kier alpha value is -1.30. The number of esters is 1. The van der Waals surface area contributed by atoms with Gasteiger partial charge in [-0.1, -0.05) is 19.8 Å². The number of ether oxygens (including phenoxy) is 1. The molecule has 0 saturated carbocycles. The summed E-state index contributed by atoms with van der Waals surface area (Å²) in [4.78, 5) is 22.5. The number of hydrogen-bond acceptors (Lipinski definition) is 4. The van der Waals surface area contributed by atoms with Crippen molar-refractivity contribution in [3.8, 4) is 0 Å². The molecule has 0 aliphatic rings. The van der Waals surface area contributed by atoms with Gasteiger partial charge >= 0.3 is 12.0 Å². The quantitative estimate of drug-likeness (QED) is 0.390. The number of carbonyl (C=O) groups is 2. The van der Waals surface area contributed by atoms with Gasteiger partial charge in [-0.2, -0.15) is 0 Å². The van der Waals surface area contributed by atoms with Gasteiger partial charge in [-0.15, -0.1) is 0 Å². The molecule has 0 radical (unpaired) electrons. The van der Waals surface area contributed by atoms with Gasteiger partial charge in [-0.25, -0.2) is 4.79 Å². The number of urea groups is 1. The van der Waals surface area contributed by atoms with Gasteiger partial charge in [0.25, 0.3) is 0 Å². The summed E-state index contributed by atoms with van der Waals surface area (Å²) in [6, 6.07) is -0.229. The minimum atomic E-state index is -0.258. The Balaban J connectivity index is 3.32. The fourth-order valence-corrected chi connectivity index (χ4v) is 1.40. The van der Waals surface area contributed by atoms with E-state index in [2.05, 4.69) is 17.6 Å². The van der Waals surface area contributed by atoms with Crippen LogP contribution in [0.2, 0.25) is 0 Å². The highest BCUT2D eigenvalue weighted by atomic mass is 16.5. The van der Waals surface area contributed by atoms with Crippen LogP contribution >= 0.6 is 0 Å². The maximum atomic E-state index is 11.2. The van der Waals surface area contributed by atoms with Gasteiger partial charge in [0.1, 0.15) is 6.61 Å². The van der Waals surface area contributed by atoms with Crippen LogP contribution in [0.1, 0.15) is 45.4 Å². The van der Waals surface area contributed by atoms with Crippen LogP contribution < -0.4 is 10.6 Å². The molecule has 3 N–H and O–H groups in total. The van der Waals surface area contributed by atoms with E-state index in [0.717, 1.165) is 25.7 Å². The van der Waals surface area contributed by atoms with Crippen LogP contribution in [0.3, 0.4) is 0 Å². The van der Waals surface area contributed by atoms with Crippen molar-refractivity contribution < 1.29 is 19.4 Å². The molecule has 0 heterocycles. The number of aliphatic hydroxyl groups is 1. The lowest BCUT2D eigenvalue weighted by atomic mass is 10.2. The fourth-order valence-electron chi connectivity index (χ4n) is 1.40. The molecular weight excluding hydrogens is 248 g/mol. The molecule has 6 nitrogen and oxygen atoms in total. The summed E-state index contributed by atoms with van der Waals surface area (Å²) in [5.74, 6) is -0.258. The molecule has 19 heavy (non-hydrogen) atoms. The summed E-state index contributed by atoms with van der Waals surface area (Å²) >= 11 is 0. The molecule has 0 bridgehead atoms. The van der Waals surface area contributed by atoms with Crippen molar-refractivity contribution in [2.24, 2.45) is 0 Å². The number of amides is 2. The largest absolute Gasteiger partial charge is 0.464 e. The third-order valence-electron chi connectivity index (χ3n) is 2.51. The maximum absolute atomic E-state index is 11.2. The summed E-state index contributed by atoms with van der Waals surface area (Å²) in [6.07, 6.45) is 4.62. The summed E-state index contributed by atoms with van der Waals surface area (Å²) < 4.78 is 4.95. The third-order valence-corrected chi connectivity index (χ3v) is 2.51. The Kier molecular flexibility index (Phi) is 12.2. The Morgan fingerprint density at radius 3 is 2.47 bits per heavy atom. The van der Waals surface area contributed by atoms with E-state index < -0.39 is 0 Å². The summed E-state index contributed by atoms with van der Waals surface area (Å²) in [7, 11) is 0. The lowest BCUT2D eigenvalue weighted by molar-refractivity contribution is -0.143. The molecule has 0 aliphatic heterocycles. The highest BCUT2D eigenvalue weighted by molar-refractivity contribution is 5.73. The van der Waals surface area contributed by atoms with Crippen molar-refractivity contribution >= 4 is 12.0 Å². The van der Waals surface area contributed by atoms with Crippen molar-refractivity contribution in [3.05, 3.63) is 0 Å². The fraction of sp³-hybridized carbons (Fsp3) is 0.846. The second kappa shape index (κ2) is 13.1. The molecule has 0 rings (SSSR count). The normalized spacial score (nSPS) is 10.0. The SMILES string of the molecule is CCCCNC(=O)NCCOC(=O)CCCCCO. The molecule has 0 aromatic rings. The van der Waals surface area contributed by atoms with Crippen LogP contribution in [-0.2, 0) is 9.53 Å². The van der Waals surface area contributed by atoms with Crippen LogP contribution in [0, 0.1) is 0 Å². The Morgan fingerprint density at radius 1 is 1.05 bits per heavy atom. The van der Waals surface area contributed by atoms with Gasteiger partial charge in [0.2, 0.25) is 0 Å². The van der Waals surface area contributed by atoms with Crippen molar-refractivity contribution in [2.45, 2.75) is 45.4 Å². The average molecular weight is 274 g/mol. The number of hydrogen-bond donors (Lipinski definition) is 3. The minimum absolute atomic E-state index is 0.159. The van der Waals surface area contributed by atoms with Gasteiger partial charge in [-0.05, 0) is 19.3 Å². The smallest absolute Gasteiger partial charge is 0.314 e. The van der Waals surface area contributed by atoms with Crippen molar-refractivity contribution in [3.63, 3.8) is 0 Å². The number of aliphatic hydroxyl groups excluding tert-OH is 1. The van der Waals surface area contributed by atoms with Crippen molar-refractivity contribution in [2.75, 3.05) is 26.3 Å². The first kappa shape index (κ1) is 17.7. The van der Waals surface area contributed by atoms with Crippen molar-refractivity contribution in [1.82, 2.24) is 10.6 Å². The number of carbonyl (C=O) groups excluding carboxylic acids is 2. The Morgan fingerprint density at radius 2 is 1.79 bits per heavy atom. The molecule has 2 amide bonds. The lowest BCUT2D eigenvalue weighted by Crippen LogP contribution is -2.37. The van der Waals surface area contributed by atoms with Gasteiger partial charge in [0.15, 0.2) is 0 Å². The highest BCUT2D eigenvalue weighted by Gasteiger charge is 2.03. The van der Waals surface area contributed by atoms with E-state index in [9.17, 15) is 9.59 Å². The topological polar surface area (TPSA) is 87.7 Å². The van der Waals surface area contributed by atoms with Gasteiger partial charge in [0, 0.05) is 19.6 Å². The molecule has 6 heteroatoms. The summed E-state index contributed by atoms with van der Waals surface area (Å²) in [6.45, 7) is 3.39. The molecule has 0 aromatic carbocycles. The third kappa shape index (κ3) is 12.9. The monoisotopic (exact) mass is 274 g/mol. The van der Waals surface area contributed by atoms with Crippen LogP contribution in [0.15, 0.2) is 0 Å². The molecule has 0 aromatic heterocycles. The van der Waals surface area contributed by atoms with Gasteiger partial charge in [0.05, 0.1) is 6.54 Å². The van der Waals surface area contributed by atoms with Crippen molar-refractivity contribution in [1.29, 1.82) is 0 Å². The second-order valence-corrected chi connectivity index (χ2v) is 4.29. The van der Waals surface area contributed by atoms with Gasteiger partial charge < -0.3 is 20.5 Å². The van der Waals surface area contributed by atoms with Crippen LogP contribution in [0.5, 0.6) is 0 Å². The predicted molar refractivity (Wildman–Crippen MR) is 72.8 cm³/mol. The molecule has 0 atom stereocenters. The van der Waals surface area contributed by atoms with Gasteiger partial charge in [-0.3, -0.25) is 4.79 Å². The molecular formula is C13H26N2O4. The molecule has 0 unspecified atom stereocenters. The predicted octanol–water partition coefficient (Wildman–Crippen LogP) is 1.18. The molecule has 0 spiro atoms. The van der Waals surface area contributed by atoms with E-state index in [1.165, 1.54) is 0 Å². The van der Waals surface area contributed by atoms with E-state index in [4.69, 9.17) is 9.84 Å². The van der Waals surface area contributed by atoms with Crippen LogP contribution in [-0.4, -0.2) is 43.4 Å². The zero-order chi connectivity index (χ0) is 14.3. The molecule has 0 saturated heterocycles. The van der Waals surface area contributed by atoms with E-state index in [-0.39, 0.29) is 25.2 Å². The number of unbranched alkanes of at least 4 members (excludes halogenated alkanes) is 3. The van der Waals surface area contributed by atoms with E-state index in [1.807, 2.05) is 0 Å². The van der Waals surface area contributed by atoms with E-state index in [0.29, 0.717) is 25.9 Å². The first-order chi connectivity index (χ1) is 9.20.